The smallest absolute Gasteiger partial charge is 0.255 e. The van der Waals surface area contributed by atoms with Crippen molar-refractivity contribution in [1.29, 1.82) is 0 Å². The third-order valence-corrected chi connectivity index (χ3v) is 11.0. The molecule has 5 heterocycles. The van der Waals surface area contributed by atoms with E-state index in [4.69, 9.17) is 4.74 Å². The summed E-state index contributed by atoms with van der Waals surface area (Å²) in [5, 5.41) is 12.8. The Hall–Kier alpha value is -5.36. The molecule has 4 amide bonds. The van der Waals surface area contributed by atoms with E-state index in [-0.39, 0.29) is 42.6 Å². The van der Waals surface area contributed by atoms with Crippen molar-refractivity contribution in [3.05, 3.63) is 106 Å². The summed E-state index contributed by atoms with van der Waals surface area (Å²) in [6.07, 6.45) is 7.61. The van der Waals surface area contributed by atoms with E-state index in [0.29, 0.717) is 42.1 Å². The summed E-state index contributed by atoms with van der Waals surface area (Å²) >= 11 is 0. The Morgan fingerprint density at radius 1 is 0.904 bits per heavy atom. The summed E-state index contributed by atoms with van der Waals surface area (Å²) in [4.78, 5) is 58.3. The molecule has 8 rings (SSSR count). The van der Waals surface area contributed by atoms with Crippen LogP contribution in [0.25, 0.3) is 0 Å². The molecule has 3 atom stereocenters. The predicted molar refractivity (Wildman–Crippen MR) is 192 cm³/mol. The number of carbonyl (C=O) groups is 4. The lowest BCUT2D eigenvalue weighted by atomic mass is 9.87. The van der Waals surface area contributed by atoms with Crippen LogP contribution in [0, 0.1) is 0 Å². The third kappa shape index (κ3) is 7.48. The van der Waals surface area contributed by atoms with Crippen molar-refractivity contribution in [3.63, 3.8) is 0 Å². The average molecular weight is 702 g/mol. The van der Waals surface area contributed by atoms with Crippen LogP contribution < -0.4 is 15.4 Å². The highest BCUT2D eigenvalue weighted by atomic mass is 16.5. The SMILES string of the molecule is O=C1CCC(N2Cc3cc(C4CCN(Cc5ccc(CC(=O)Nc6cc([C@H]7CC[C@@H](Oc8ccccn8)C7)[nH]n6)cc5)CC4)ccc3C2=O)C(=O)N1. The lowest BCUT2D eigenvalue weighted by Gasteiger charge is -2.32. The molecule has 2 aromatic carbocycles. The Balaban J connectivity index is 0.779. The number of nitrogens with zero attached hydrogens (tertiary/aromatic N) is 4. The molecule has 2 saturated heterocycles. The Kier molecular flexibility index (Phi) is 9.55. The number of rotatable bonds is 10. The van der Waals surface area contributed by atoms with Crippen LogP contribution in [0.3, 0.4) is 0 Å². The van der Waals surface area contributed by atoms with Gasteiger partial charge in [0.2, 0.25) is 23.6 Å². The topological polar surface area (TPSA) is 150 Å². The van der Waals surface area contributed by atoms with Crippen molar-refractivity contribution in [2.45, 2.75) is 88.4 Å². The molecule has 3 fully saturated rings. The van der Waals surface area contributed by atoms with Crippen LogP contribution in [0.1, 0.15) is 95.1 Å². The first-order chi connectivity index (χ1) is 25.3. The molecular weight excluding hydrogens is 658 g/mol. The monoisotopic (exact) mass is 701 g/mol. The maximum atomic E-state index is 13.1. The Morgan fingerprint density at radius 3 is 2.52 bits per heavy atom. The number of imide groups is 1. The quantitative estimate of drug-likeness (QED) is 0.199. The highest BCUT2D eigenvalue weighted by Crippen LogP contribution is 2.37. The summed E-state index contributed by atoms with van der Waals surface area (Å²) in [5.74, 6) is 1.00. The average Bonchev–Trinajstić information content (AvgIpc) is 3.89. The number of carbonyl (C=O) groups excluding carboxylic acids is 4. The minimum atomic E-state index is -0.596. The van der Waals surface area contributed by atoms with Gasteiger partial charge in [-0.3, -0.25) is 34.5 Å². The van der Waals surface area contributed by atoms with Gasteiger partial charge in [-0.25, -0.2) is 4.98 Å². The number of benzene rings is 2. The molecule has 2 aromatic heterocycles. The van der Waals surface area contributed by atoms with Gasteiger partial charge in [-0.1, -0.05) is 42.5 Å². The number of nitrogens with one attached hydrogen (secondary N) is 3. The first kappa shape index (κ1) is 33.8. The zero-order valence-electron chi connectivity index (χ0n) is 29.1. The molecule has 12 heteroatoms. The highest BCUT2D eigenvalue weighted by molar-refractivity contribution is 6.05. The summed E-state index contributed by atoms with van der Waals surface area (Å²) in [6.45, 7) is 3.19. The molecular formula is C40H43N7O5. The van der Waals surface area contributed by atoms with Crippen LogP contribution in [-0.2, 0) is 33.9 Å². The van der Waals surface area contributed by atoms with Gasteiger partial charge in [-0.05, 0) is 91.9 Å². The molecule has 0 bridgehead atoms. The summed E-state index contributed by atoms with van der Waals surface area (Å²) in [6, 6.07) is 21.4. The van der Waals surface area contributed by atoms with Crippen LogP contribution in [0.15, 0.2) is 72.9 Å². The second-order valence-electron chi connectivity index (χ2n) is 14.5. The number of ether oxygens (including phenoxy) is 1. The molecule has 52 heavy (non-hydrogen) atoms. The van der Waals surface area contributed by atoms with Crippen LogP contribution in [0.4, 0.5) is 5.82 Å². The third-order valence-electron chi connectivity index (χ3n) is 11.0. The summed E-state index contributed by atoms with van der Waals surface area (Å²) < 4.78 is 6.03. The molecule has 0 spiro atoms. The Morgan fingerprint density at radius 2 is 1.73 bits per heavy atom. The van der Waals surface area contributed by atoms with Gasteiger partial charge in [-0.15, -0.1) is 0 Å². The fourth-order valence-corrected chi connectivity index (χ4v) is 8.19. The number of aromatic nitrogens is 3. The molecule has 268 valence electrons. The Labute approximate surface area is 302 Å². The van der Waals surface area contributed by atoms with Crippen LogP contribution >= 0.6 is 0 Å². The largest absolute Gasteiger partial charge is 0.474 e. The number of fused-ring (bicyclic) bond motifs is 1. The first-order valence-corrected chi connectivity index (χ1v) is 18.3. The highest BCUT2D eigenvalue weighted by Gasteiger charge is 2.39. The van der Waals surface area contributed by atoms with Crippen molar-refractivity contribution in [1.82, 2.24) is 30.3 Å². The van der Waals surface area contributed by atoms with Crippen molar-refractivity contribution >= 4 is 29.4 Å². The number of amides is 4. The van der Waals surface area contributed by atoms with Gasteiger partial charge in [0.25, 0.3) is 5.91 Å². The summed E-state index contributed by atoms with van der Waals surface area (Å²) in [7, 11) is 0. The number of hydrogen-bond donors (Lipinski definition) is 3. The minimum Gasteiger partial charge on any atom is -0.474 e. The van der Waals surface area contributed by atoms with Crippen molar-refractivity contribution in [2.75, 3.05) is 18.4 Å². The van der Waals surface area contributed by atoms with Crippen LogP contribution in [0.5, 0.6) is 5.88 Å². The normalized spacial score (nSPS) is 22.3. The van der Waals surface area contributed by atoms with E-state index >= 15 is 0 Å². The fraction of sp³-hybridized carbons (Fsp3) is 0.400. The number of likely N-dealkylation sites (tertiary alicyclic amines) is 1. The molecule has 3 N–H and O–H groups in total. The van der Waals surface area contributed by atoms with Gasteiger partial charge in [0.1, 0.15) is 12.1 Å². The van der Waals surface area contributed by atoms with E-state index in [0.717, 1.165) is 68.6 Å². The van der Waals surface area contributed by atoms with Gasteiger partial charge in [0, 0.05) is 55.0 Å². The van der Waals surface area contributed by atoms with Gasteiger partial charge < -0.3 is 15.0 Å². The van der Waals surface area contributed by atoms with Crippen molar-refractivity contribution in [3.8, 4) is 5.88 Å². The second kappa shape index (κ2) is 14.7. The molecule has 4 aliphatic rings. The molecule has 1 aliphatic carbocycles. The van der Waals surface area contributed by atoms with Gasteiger partial charge in [0.05, 0.1) is 6.42 Å². The van der Waals surface area contributed by atoms with Crippen LogP contribution in [-0.4, -0.2) is 73.8 Å². The molecule has 1 saturated carbocycles. The maximum absolute atomic E-state index is 13.1. The van der Waals surface area contributed by atoms with Gasteiger partial charge in [0.15, 0.2) is 5.82 Å². The molecule has 4 aromatic rings. The lowest BCUT2D eigenvalue weighted by Crippen LogP contribution is -2.52. The van der Waals surface area contributed by atoms with Gasteiger partial charge in [-0.2, -0.15) is 5.10 Å². The zero-order chi connectivity index (χ0) is 35.6. The predicted octanol–water partition coefficient (Wildman–Crippen LogP) is 4.84. The van der Waals surface area contributed by atoms with E-state index in [9.17, 15) is 19.2 Å². The molecule has 1 unspecified atom stereocenters. The zero-order valence-corrected chi connectivity index (χ0v) is 29.1. The lowest BCUT2D eigenvalue weighted by molar-refractivity contribution is -0.137. The van der Waals surface area contributed by atoms with E-state index < -0.39 is 6.04 Å². The van der Waals surface area contributed by atoms with Gasteiger partial charge >= 0.3 is 0 Å². The van der Waals surface area contributed by atoms with E-state index in [1.54, 1.807) is 11.1 Å². The second-order valence-corrected chi connectivity index (χ2v) is 14.5. The molecule has 0 radical (unpaired) electrons. The number of aromatic amines is 1. The van der Waals surface area contributed by atoms with E-state index in [1.165, 1.54) is 11.1 Å². The number of hydrogen-bond acceptors (Lipinski definition) is 8. The fourth-order valence-electron chi connectivity index (χ4n) is 8.19. The number of anilines is 1. The number of piperidine rings is 2. The molecule has 3 aliphatic heterocycles. The maximum Gasteiger partial charge on any atom is 0.255 e. The van der Waals surface area contributed by atoms with Crippen LogP contribution in [0.2, 0.25) is 0 Å². The number of pyridine rings is 1. The number of H-pyrrole nitrogens is 1. The summed E-state index contributed by atoms with van der Waals surface area (Å²) in [5.41, 5.74) is 6.03. The van der Waals surface area contributed by atoms with Crippen molar-refractivity contribution < 1.29 is 23.9 Å². The Bertz CT molecular complexity index is 1950. The van der Waals surface area contributed by atoms with E-state index in [1.807, 2.05) is 42.5 Å². The minimum absolute atomic E-state index is 0.102. The first-order valence-electron chi connectivity index (χ1n) is 18.3. The van der Waals surface area contributed by atoms with Crippen molar-refractivity contribution in [2.24, 2.45) is 0 Å². The van der Waals surface area contributed by atoms with E-state index in [2.05, 4.69) is 55.0 Å². The standard InChI is InChI=1S/C40H43N7O5/c48-36-13-12-34(39(50)43-36)47-24-30-20-28(9-11-32(30)40(47)51)27-14-17-46(18-15-27)23-26-6-4-25(5-7-26)19-37(49)42-35-22-33(44-45-35)29-8-10-31(21-29)52-38-3-1-2-16-41-38/h1-7,9,11,16,20,22,27,29,31,34H,8,10,12-15,17-19,21,23-24H2,(H,43,48,50)(H2,42,44,45,49)/t29-,31+,34?/m0/s1. The molecule has 12 nitrogen and oxygen atoms in total.